The predicted molar refractivity (Wildman–Crippen MR) is 55.7 cm³/mol. The zero-order valence-electron chi connectivity index (χ0n) is 8.13. The third kappa shape index (κ3) is 4.67. The van der Waals surface area contributed by atoms with Crippen LogP contribution in [0.3, 0.4) is 0 Å². The quantitative estimate of drug-likeness (QED) is 0.594. The maximum atomic E-state index is 11.3. The highest BCUT2D eigenvalue weighted by Crippen LogP contribution is 2.41. The topological polar surface area (TPSA) is 58.6 Å². The number of phosphoric acid groups is 1. The Morgan fingerprint density at radius 1 is 1.47 bits per heavy atom. The van der Waals surface area contributed by atoms with Crippen molar-refractivity contribution in [2.24, 2.45) is 0 Å². The summed E-state index contributed by atoms with van der Waals surface area (Å²) >= 11 is 5.54. The number of hydrogen-bond donors (Lipinski definition) is 0. The molecule has 15 heavy (non-hydrogen) atoms. The average molecular weight is 250 g/mol. The number of halogens is 1. The van der Waals surface area contributed by atoms with Gasteiger partial charge in [-0.2, -0.15) is 0 Å². The first-order valence-electron chi connectivity index (χ1n) is 4.41. The van der Waals surface area contributed by atoms with Crippen LogP contribution in [0, 0.1) is 0 Å². The SMILES string of the molecule is CCC(Cl)OP(=O)([O-])Oc1ccccc1. The molecule has 84 valence electrons. The van der Waals surface area contributed by atoms with Crippen LogP contribution in [0.2, 0.25) is 0 Å². The van der Waals surface area contributed by atoms with Crippen LogP contribution in [0.5, 0.6) is 5.75 Å². The van der Waals surface area contributed by atoms with E-state index in [-0.39, 0.29) is 5.75 Å². The van der Waals surface area contributed by atoms with Gasteiger partial charge in [-0.1, -0.05) is 36.7 Å². The summed E-state index contributed by atoms with van der Waals surface area (Å²) < 4.78 is 20.5. The van der Waals surface area contributed by atoms with Crippen molar-refractivity contribution in [2.75, 3.05) is 0 Å². The fraction of sp³-hybridized carbons (Fsp3) is 0.333. The largest absolute Gasteiger partial charge is 0.746 e. The van der Waals surface area contributed by atoms with Gasteiger partial charge in [-0.3, -0.25) is 9.09 Å². The van der Waals surface area contributed by atoms with Gasteiger partial charge in [-0.15, -0.1) is 0 Å². The third-order valence-corrected chi connectivity index (χ3v) is 2.99. The molecule has 1 aromatic rings. The van der Waals surface area contributed by atoms with E-state index in [0.29, 0.717) is 6.42 Å². The van der Waals surface area contributed by atoms with Crippen LogP contribution in [-0.4, -0.2) is 5.56 Å². The molecule has 6 heteroatoms. The van der Waals surface area contributed by atoms with Crippen molar-refractivity contribution < 1.29 is 18.5 Å². The van der Waals surface area contributed by atoms with Crippen LogP contribution in [-0.2, 0) is 9.09 Å². The summed E-state index contributed by atoms with van der Waals surface area (Å²) in [5.41, 5.74) is -0.892. The van der Waals surface area contributed by atoms with Gasteiger partial charge in [-0.25, -0.2) is 0 Å². The Kier molecular flexibility index (Phi) is 4.61. The molecule has 0 radical (unpaired) electrons. The lowest BCUT2D eigenvalue weighted by Gasteiger charge is -2.25. The Morgan fingerprint density at radius 2 is 2.07 bits per heavy atom. The van der Waals surface area contributed by atoms with Gasteiger partial charge in [-0.05, 0) is 18.6 Å². The van der Waals surface area contributed by atoms with Crippen LogP contribution in [0.4, 0.5) is 0 Å². The van der Waals surface area contributed by atoms with Crippen LogP contribution in [0.25, 0.3) is 0 Å². The van der Waals surface area contributed by atoms with Gasteiger partial charge in [0.15, 0.2) is 0 Å². The van der Waals surface area contributed by atoms with Crippen LogP contribution in [0.1, 0.15) is 13.3 Å². The Balaban J connectivity index is 2.61. The zero-order valence-corrected chi connectivity index (χ0v) is 9.78. The number of alkyl halides is 1. The number of rotatable bonds is 5. The Morgan fingerprint density at radius 3 is 2.60 bits per heavy atom. The van der Waals surface area contributed by atoms with E-state index in [1.165, 1.54) is 12.1 Å². The fourth-order valence-corrected chi connectivity index (χ4v) is 1.99. The van der Waals surface area contributed by atoms with Gasteiger partial charge < -0.3 is 9.42 Å². The molecule has 0 aromatic heterocycles. The minimum Gasteiger partial charge on any atom is -0.746 e. The highest BCUT2D eigenvalue weighted by molar-refractivity contribution is 7.46. The van der Waals surface area contributed by atoms with Crippen molar-refractivity contribution in [1.82, 2.24) is 0 Å². The first-order valence-corrected chi connectivity index (χ1v) is 6.31. The molecule has 0 aliphatic rings. The monoisotopic (exact) mass is 249 g/mol. The molecule has 0 bridgehead atoms. The lowest BCUT2D eigenvalue weighted by atomic mass is 10.3. The molecule has 0 amide bonds. The van der Waals surface area contributed by atoms with Crippen molar-refractivity contribution in [3.05, 3.63) is 30.3 Å². The van der Waals surface area contributed by atoms with E-state index in [2.05, 4.69) is 9.05 Å². The molecule has 2 unspecified atom stereocenters. The molecule has 0 saturated carbocycles. The molecule has 4 nitrogen and oxygen atoms in total. The Bertz CT molecular complexity index is 343. The van der Waals surface area contributed by atoms with Crippen molar-refractivity contribution in [2.45, 2.75) is 18.9 Å². The molecule has 1 rings (SSSR count). The molecule has 0 aliphatic heterocycles. The summed E-state index contributed by atoms with van der Waals surface area (Å²) in [5, 5.41) is 0. The summed E-state index contributed by atoms with van der Waals surface area (Å²) in [6, 6.07) is 8.10. The molecule has 0 heterocycles. The first kappa shape index (κ1) is 12.5. The summed E-state index contributed by atoms with van der Waals surface area (Å²) in [7, 11) is -4.37. The molecular weight excluding hydrogens is 239 g/mol. The van der Waals surface area contributed by atoms with Crippen LogP contribution in [0.15, 0.2) is 30.3 Å². The van der Waals surface area contributed by atoms with Crippen molar-refractivity contribution >= 4 is 19.4 Å². The van der Waals surface area contributed by atoms with E-state index in [0.717, 1.165) is 0 Å². The molecule has 1 aromatic carbocycles. The van der Waals surface area contributed by atoms with E-state index in [9.17, 15) is 9.46 Å². The molecule has 0 spiro atoms. The number of phosphoric ester groups is 1. The van der Waals surface area contributed by atoms with Gasteiger partial charge in [0.25, 0.3) is 0 Å². The highest BCUT2D eigenvalue weighted by Gasteiger charge is 2.15. The Labute approximate surface area is 93.4 Å². The third-order valence-electron chi connectivity index (χ3n) is 1.52. The number of para-hydroxylation sites is 1. The van der Waals surface area contributed by atoms with E-state index in [4.69, 9.17) is 11.6 Å². The van der Waals surface area contributed by atoms with Gasteiger partial charge >= 0.3 is 7.82 Å². The standard InChI is InChI=1S/C9H12ClO4P/c1-2-9(10)14-15(11,12)13-8-6-4-3-5-7-8/h3-7,9H,2H2,1H3,(H,11,12)/p-1. The first-order chi connectivity index (χ1) is 7.03. The normalized spacial score (nSPS) is 16.7. The predicted octanol–water partition coefficient (Wildman–Crippen LogP) is 2.53. The highest BCUT2D eigenvalue weighted by atomic mass is 35.5. The zero-order chi connectivity index (χ0) is 11.3. The second kappa shape index (κ2) is 5.52. The lowest BCUT2D eigenvalue weighted by Crippen LogP contribution is -2.14. The van der Waals surface area contributed by atoms with Gasteiger partial charge in [0, 0.05) is 0 Å². The van der Waals surface area contributed by atoms with E-state index in [1.54, 1.807) is 25.1 Å². The lowest BCUT2D eigenvalue weighted by molar-refractivity contribution is -0.218. The number of benzene rings is 1. The van der Waals surface area contributed by atoms with Crippen LogP contribution >= 0.6 is 19.4 Å². The van der Waals surface area contributed by atoms with Crippen molar-refractivity contribution in [1.29, 1.82) is 0 Å². The fourth-order valence-electron chi connectivity index (χ4n) is 0.847. The van der Waals surface area contributed by atoms with Crippen molar-refractivity contribution in [3.63, 3.8) is 0 Å². The van der Waals surface area contributed by atoms with Gasteiger partial charge in [0.1, 0.15) is 11.3 Å². The average Bonchev–Trinajstić information content (AvgIpc) is 2.17. The van der Waals surface area contributed by atoms with E-state index in [1.807, 2.05) is 0 Å². The van der Waals surface area contributed by atoms with Gasteiger partial charge in [0.2, 0.25) is 0 Å². The summed E-state index contributed by atoms with van der Waals surface area (Å²) in [6.45, 7) is 1.71. The van der Waals surface area contributed by atoms with E-state index < -0.39 is 13.4 Å². The smallest absolute Gasteiger partial charge is 0.321 e. The molecule has 0 fully saturated rings. The molecular formula is C9H11ClO4P-. The maximum absolute atomic E-state index is 11.3. The minimum absolute atomic E-state index is 0.204. The minimum atomic E-state index is -4.37. The summed E-state index contributed by atoms with van der Waals surface area (Å²) in [5.74, 6) is 0.204. The molecule has 0 aliphatic carbocycles. The second-order valence-corrected chi connectivity index (χ2v) is 4.55. The summed E-state index contributed by atoms with van der Waals surface area (Å²) in [6.07, 6.45) is 0.381. The molecule has 0 N–H and O–H groups in total. The Hall–Kier alpha value is -0.540. The van der Waals surface area contributed by atoms with Crippen molar-refractivity contribution in [3.8, 4) is 5.75 Å². The van der Waals surface area contributed by atoms with Gasteiger partial charge in [0.05, 0.1) is 0 Å². The van der Waals surface area contributed by atoms with E-state index >= 15 is 0 Å². The second-order valence-electron chi connectivity index (χ2n) is 2.78. The summed E-state index contributed by atoms with van der Waals surface area (Å²) in [4.78, 5) is 11.3. The maximum Gasteiger partial charge on any atom is 0.321 e. The molecule has 2 atom stereocenters. The van der Waals surface area contributed by atoms with Crippen LogP contribution < -0.4 is 9.42 Å². The number of hydrogen-bond acceptors (Lipinski definition) is 4. The molecule has 0 saturated heterocycles.